The fraction of sp³-hybridized carbons (Fsp3) is 0.409. The van der Waals surface area contributed by atoms with Gasteiger partial charge in [0.05, 0.1) is 26.9 Å². The van der Waals surface area contributed by atoms with Gasteiger partial charge in [0.25, 0.3) is 5.91 Å². The van der Waals surface area contributed by atoms with Gasteiger partial charge in [-0.3, -0.25) is 9.69 Å². The summed E-state index contributed by atoms with van der Waals surface area (Å²) in [5, 5.41) is 0. The summed E-state index contributed by atoms with van der Waals surface area (Å²) in [6.45, 7) is 6.06. The van der Waals surface area contributed by atoms with E-state index in [1.165, 1.54) is 11.1 Å². The van der Waals surface area contributed by atoms with Crippen LogP contribution < -0.4 is 14.2 Å². The highest BCUT2D eigenvalue weighted by molar-refractivity contribution is 5.98. The lowest BCUT2D eigenvalue weighted by Gasteiger charge is -2.35. The average Bonchev–Trinajstić information content (AvgIpc) is 2.72. The number of carbonyl (C=O) groups is 1. The lowest BCUT2D eigenvalue weighted by molar-refractivity contribution is 0.0625. The molecule has 1 aliphatic heterocycles. The number of hydrogen-bond acceptors (Lipinski definition) is 5. The normalized spacial score (nSPS) is 14.6. The Balaban J connectivity index is 1.68. The zero-order chi connectivity index (χ0) is 20.1. The van der Waals surface area contributed by atoms with Crippen molar-refractivity contribution in [2.75, 3.05) is 47.5 Å². The number of carbonyl (C=O) groups excluding carboxylic acids is 1. The number of nitrogens with zero attached hydrogens (tertiary/aromatic N) is 2. The van der Waals surface area contributed by atoms with Gasteiger partial charge >= 0.3 is 0 Å². The zero-order valence-electron chi connectivity index (χ0n) is 17.0. The first-order valence-corrected chi connectivity index (χ1v) is 9.43. The Labute approximate surface area is 166 Å². The summed E-state index contributed by atoms with van der Waals surface area (Å²) in [6.07, 6.45) is 0. The molecule has 0 radical (unpaired) electrons. The summed E-state index contributed by atoms with van der Waals surface area (Å²) < 4.78 is 16.1. The van der Waals surface area contributed by atoms with Crippen LogP contribution in [0.25, 0.3) is 0 Å². The summed E-state index contributed by atoms with van der Waals surface area (Å²) in [4.78, 5) is 17.3. The van der Waals surface area contributed by atoms with Gasteiger partial charge in [-0.2, -0.15) is 0 Å². The van der Waals surface area contributed by atoms with Gasteiger partial charge in [0.2, 0.25) is 0 Å². The van der Waals surface area contributed by atoms with Crippen LogP contribution in [-0.4, -0.2) is 63.2 Å². The summed E-state index contributed by atoms with van der Waals surface area (Å²) >= 11 is 0. The number of amides is 1. The average molecular weight is 384 g/mol. The molecule has 1 fully saturated rings. The minimum Gasteiger partial charge on any atom is -0.496 e. The number of hydrogen-bond donors (Lipinski definition) is 0. The maximum absolute atomic E-state index is 13.1. The molecule has 0 N–H and O–H groups in total. The first kappa shape index (κ1) is 20.0. The third-order valence-corrected chi connectivity index (χ3v) is 5.08. The summed E-state index contributed by atoms with van der Waals surface area (Å²) in [5.41, 5.74) is 3.07. The molecular formula is C22H28N2O4. The third kappa shape index (κ3) is 4.39. The van der Waals surface area contributed by atoms with E-state index in [4.69, 9.17) is 14.2 Å². The van der Waals surface area contributed by atoms with E-state index in [9.17, 15) is 4.79 Å². The van der Waals surface area contributed by atoms with Crippen molar-refractivity contribution in [1.29, 1.82) is 0 Å². The molecule has 28 heavy (non-hydrogen) atoms. The van der Waals surface area contributed by atoms with Crippen molar-refractivity contribution < 1.29 is 19.0 Å². The van der Waals surface area contributed by atoms with Gasteiger partial charge in [-0.05, 0) is 12.5 Å². The van der Waals surface area contributed by atoms with E-state index in [1.807, 2.05) is 4.90 Å². The van der Waals surface area contributed by atoms with Crippen LogP contribution in [0.5, 0.6) is 17.2 Å². The highest BCUT2D eigenvalue weighted by Gasteiger charge is 2.26. The van der Waals surface area contributed by atoms with Gasteiger partial charge < -0.3 is 19.1 Å². The predicted molar refractivity (Wildman–Crippen MR) is 108 cm³/mol. The molecule has 1 aliphatic rings. The van der Waals surface area contributed by atoms with Crippen molar-refractivity contribution in [3.8, 4) is 17.2 Å². The molecule has 0 bridgehead atoms. The topological polar surface area (TPSA) is 51.2 Å². The third-order valence-electron chi connectivity index (χ3n) is 5.08. The molecule has 150 valence electrons. The largest absolute Gasteiger partial charge is 0.496 e. The smallest absolute Gasteiger partial charge is 0.257 e. The van der Waals surface area contributed by atoms with Crippen molar-refractivity contribution in [3.63, 3.8) is 0 Å². The van der Waals surface area contributed by atoms with Crippen LogP contribution in [0.2, 0.25) is 0 Å². The second kappa shape index (κ2) is 8.97. The van der Waals surface area contributed by atoms with Crippen LogP contribution in [0.15, 0.2) is 36.4 Å². The fourth-order valence-electron chi connectivity index (χ4n) is 3.54. The highest BCUT2D eigenvalue weighted by atomic mass is 16.5. The molecule has 1 saturated heterocycles. The summed E-state index contributed by atoms with van der Waals surface area (Å²) in [7, 11) is 4.67. The van der Waals surface area contributed by atoms with Crippen molar-refractivity contribution in [1.82, 2.24) is 9.80 Å². The molecule has 1 heterocycles. The molecule has 0 aliphatic carbocycles. The monoisotopic (exact) mass is 384 g/mol. The van der Waals surface area contributed by atoms with Gasteiger partial charge in [-0.1, -0.05) is 29.8 Å². The van der Waals surface area contributed by atoms with Crippen molar-refractivity contribution in [2.24, 2.45) is 0 Å². The van der Waals surface area contributed by atoms with Gasteiger partial charge in [0, 0.05) is 44.9 Å². The maximum Gasteiger partial charge on any atom is 0.257 e. The minimum atomic E-state index is -0.0481. The van der Waals surface area contributed by atoms with E-state index < -0.39 is 0 Å². The molecule has 2 aromatic rings. The van der Waals surface area contributed by atoms with Crippen molar-refractivity contribution in [3.05, 3.63) is 53.1 Å². The summed E-state index contributed by atoms with van der Waals surface area (Å²) in [6, 6.07) is 12.0. The van der Waals surface area contributed by atoms with Crippen molar-refractivity contribution in [2.45, 2.75) is 13.5 Å². The second-order valence-electron chi connectivity index (χ2n) is 6.96. The van der Waals surface area contributed by atoms with E-state index in [1.54, 1.807) is 33.5 Å². The predicted octanol–water partition coefficient (Wildman–Crippen LogP) is 2.98. The Hall–Kier alpha value is -2.73. The number of ether oxygens (including phenoxy) is 3. The molecule has 6 heteroatoms. The second-order valence-corrected chi connectivity index (χ2v) is 6.96. The Bertz CT molecular complexity index is 829. The Morgan fingerprint density at radius 2 is 1.54 bits per heavy atom. The Morgan fingerprint density at radius 3 is 2.14 bits per heavy atom. The Morgan fingerprint density at radius 1 is 0.893 bits per heavy atom. The number of benzene rings is 2. The van der Waals surface area contributed by atoms with Gasteiger partial charge in [0.15, 0.2) is 11.5 Å². The van der Waals surface area contributed by atoms with Gasteiger partial charge in [0.1, 0.15) is 5.75 Å². The molecule has 2 aromatic carbocycles. The molecule has 0 unspecified atom stereocenters. The first-order valence-electron chi connectivity index (χ1n) is 9.43. The van der Waals surface area contributed by atoms with Crippen LogP contribution in [0, 0.1) is 6.92 Å². The summed E-state index contributed by atoms with van der Waals surface area (Å²) in [5.74, 6) is 1.50. The molecule has 0 saturated carbocycles. The lowest BCUT2D eigenvalue weighted by Crippen LogP contribution is -2.48. The number of rotatable bonds is 6. The lowest BCUT2D eigenvalue weighted by atomic mass is 10.1. The molecule has 6 nitrogen and oxygen atoms in total. The molecule has 1 amide bonds. The van der Waals surface area contributed by atoms with Crippen LogP contribution in [0.4, 0.5) is 0 Å². The molecule has 0 spiro atoms. The van der Waals surface area contributed by atoms with Crippen LogP contribution in [0.3, 0.4) is 0 Å². The van der Waals surface area contributed by atoms with Crippen LogP contribution >= 0.6 is 0 Å². The molecule has 0 atom stereocenters. The van der Waals surface area contributed by atoms with Crippen LogP contribution in [0.1, 0.15) is 21.5 Å². The molecule has 0 aromatic heterocycles. The van der Waals surface area contributed by atoms with E-state index in [2.05, 4.69) is 36.1 Å². The Kier molecular flexibility index (Phi) is 6.41. The first-order chi connectivity index (χ1) is 13.5. The van der Waals surface area contributed by atoms with Gasteiger partial charge in [-0.15, -0.1) is 0 Å². The number of piperazine rings is 1. The van der Waals surface area contributed by atoms with E-state index in [0.717, 1.165) is 19.6 Å². The quantitative estimate of drug-likeness (QED) is 0.766. The zero-order valence-corrected chi connectivity index (χ0v) is 17.0. The highest BCUT2D eigenvalue weighted by Crippen LogP contribution is 2.35. The fourth-order valence-corrected chi connectivity index (χ4v) is 3.54. The van der Waals surface area contributed by atoms with Crippen molar-refractivity contribution >= 4 is 5.91 Å². The maximum atomic E-state index is 13.1. The molecule has 3 rings (SSSR count). The standard InChI is InChI=1S/C22H28N2O4/c1-16-6-5-7-17(12-16)15-23-8-10-24(11-9-23)22(25)18-13-20(27-3)21(28-4)14-19(18)26-2/h5-7,12-14H,8-11,15H2,1-4H3. The number of aryl methyl sites for hydroxylation is 1. The van der Waals surface area contributed by atoms with Gasteiger partial charge in [-0.25, -0.2) is 0 Å². The molecular weight excluding hydrogens is 356 g/mol. The van der Waals surface area contributed by atoms with E-state index in [-0.39, 0.29) is 5.91 Å². The van der Waals surface area contributed by atoms with E-state index in [0.29, 0.717) is 35.9 Å². The number of methoxy groups -OCH3 is 3. The minimum absolute atomic E-state index is 0.0481. The SMILES string of the molecule is COc1cc(OC)c(C(=O)N2CCN(Cc3cccc(C)c3)CC2)cc1OC. The van der Waals surface area contributed by atoms with Crippen LogP contribution in [-0.2, 0) is 6.54 Å². The van der Waals surface area contributed by atoms with E-state index >= 15 is 0 Å².